The topological polar surface area (TPSA) is 35.2 Å². The fraction of sp³-hybridized carbons (Fsp3) is 0.200. The van der Waals surface area contributed by atoms with Crippen molar-refractivity contribution in [2.24, 2.45) is 5.73 Å². The van der Waals surface area contributed by atoms with E-state index < -0.39 is 17.7 Å². The molecule has 20 heavy (non-hydrogen) atoms. The van der Waals surface area contributed by atoms with E-state index in [2.05, 4.69) is 15.9 Å². The summed E-state index contributed by atoms with van der Waals surface area (Å²) in [6.07, 6.45) is 0.792. The van der Waals surface area contributed by atoms with Crippen LogP contribution in [-0.2, 0) is 6.42 Å². The minimum atomic E-state index is -0.910. The highest BCUT2D eigenvalue weighted by atomic mass is 79.9. The van der Waals surface area contributed by atoms with Gasteiger partial charge >= 0.3 is 0 Å². The highest BCUT2D eigenvalue weighted by Gasteiger charge is 2.24. The van der Waals surface area contributed by atoms with E-state index >= 15 is 0 Å². The minimum Gasteiger partial charge on any atom is -0.493 e. The lowest BCUT2D eigenvalue weighted by Crippen LogP contribution is -2.15. The molecule has 5 heteroatoms. The van der Waals surface area contributed by atoms with Gasteiger partial charge in [-0.15, -0.1) is 0 Å². The number of nitrogens with two attached hydrogens (primary N) is 1. The van der Waals surface area contributed by atoms with E-state index in [0.717, 1.165) is 22.5 Å². The van der Waals surface area contributed by atoms with Crippen LogP contribution in [0.5, 0.6) is 5.75 Å². The summed E-state index contributed by atoms with van der Waals surface area (Å²) < 4.78 is 33.7. The van der Waals surface area contributed by atoms with Crippen molar-refractivity contribution in [2.45, 2.75) is 12.5 Å². The Balaban J connectivity index is 2.11. The first-order chi connectivity index (χ1) is 9.58. The van der Waals surface area contributed by atoms with Gasteiger partial charge in [0, 0.05) is 22.0 Å². The minimum absolute atomic E-state index is 0.126. The second-order valence-corrected chi connectivity index (χ2v) is 5.62. The summed E-state index contributed by atoms with van der Waals surface area (Å²) in [4.78, 5) is 0. The number of fused-ring (bicyclic) bond motifs is 1. The van der Waals surface area contributed by atoms with Gasteiger partial charge in [0.1, 0.15) is 5.75 Å². The maximum atomic E-state index is 13.9. The molecule has 2 aromatic carbocycles. The van der Waals surface area contributed by atoms with Gasteiger partial charge in [-0.2, -0.15) is 0 Å². The first-order valence-corrected chi connectivity index (χ1v) is 7.02. The van der Waals surface area contributed by atoms with Gasteiger partial charge in [-0.05, 0) is 23.8 Å². The molecule has 2 nitrogen and oxygen atoms in total. The Morgan fingerprint density at radius 1 is 1.20 bits per heavy atom. The SMILES string of the molecule is NC(c1cccc(F)c1F)c1cc(Br)cc2c1OCC2. The lowest BCUT2D eigenvalue weighted by Gasteiger charge is -2.17. The fourth-order valence-corrected chi connectivity index (χ4v) is 2.98. The second kappa shape index (κ2) is 5.14. The van der Waals surface area contributed by atoms with Crippen LogP contribution in [0.25, 0.3) is 0 Å². The third-order valence-corrected chi connectivity index (χ3v) is 3.89. The summed E-state index contributed by atoms with van der Waals surface area (Å²) in [7, 11) is 0. The van der Waals surface area contributed by atoms with Gasteiger partial charge in [-0.1, -0.05) is 28.1 Å². The molecule has 3 rings (SSSR count). The second-order valence-electron chi connectivity index (χ2n) is 4.70. The van der Waals surface area contributed by atoms with Crippen molar-refractivity contribution in [3.8, 4) is 5.75 Å². The van der Waals surface area contributed by atoms with Gasteiger partial charge in [0.2, 0.25) is 0 Å². The average molecular weight is 340 g/mol. The smallest absolute Gasteiger partial charge is 0.163 e. The zero-order valence-corrected chi connectivity index (χ0v) is 12.1. The molecule has 0 saturated carbocycles. The molecule has 1 heterocycles. The molecule has 0 fully saturated rings. The zero-order chi connectivity index (χ0) is 14.3. The molecule has 0 aliphatic carbocycles. The van der Waals surface area contributed by atoms with Crippen molar-refractivity contribution < 1.29 is 13.5 Å². The normalized spacial score (nSPS) is 14.8. The van der Waals surface area contributed by atoms with E-state index in [1.807, 2.05) is 6.07 Å². The molecule has 1 atom stereocenters. The third kappa shape index (κ3) is 2.21. The molecule has 1 aliphatic heterocycles. The highest BCUT2D eigenvalue weighted by molar-refractivity contribution is 9.10. The summed E-state index contributed by atoms with van der Waals surface area (Å²) in [5.41, 5.74) is 7.94. The molecule has 2 aromatic rings. The molecule has 0 spiro atoms. The predicted octanol–water partition coefficient (Wildman–Crippen LogP) is 3.71. The molecular formula is C15H12BrF2NO. The fourth-order valence-electron chi connectivity index (χ4n) is 2.46. The van der Waals surface area contributed by atoms with E-state index in [0.29, 0.717) is 17.9 Å². The molecule has 0 amide bonds. The van der Waals surface area contributed by atoms with Crippen molar-refractivity contribution in [1.29, 1.82) is 0 Å². The largest absolute Gasteiger partial charge is 0.493 e. The Kier molecular flexibility index (Phi) is 3.48. The number of benzene rings is 2. The van der Waals surface area contributed by atoms with Crippen molar-refractivity contribution in [3.63, 3.8) is 0 Å². The third-order valence-electron chi connectivity index (χ3n) is 3.43. The van der Waals surface area contributed by atoms with E-state index in [1.54, 1.807) is 6.07 Å². The summed E-state index contributed by atoms with van der Waals surface area (Å²) >= 11 is 3.41. The molecule has 1 unspecified atom stereocenters. The first kappa shape index (κ1) is 13.5. The molecule has 0 saturated heterocycles. The van der Waals surface area contributed by atoms with Gasteiger partial charge in [0.25, 0.3) is 0 Å². The van der Waals surface area contributed by atoms with Gasteiger partial charge in [-0.3, -0.25) is 0 Å². The van der Waals surface area contributed by atoms with Crippen molar-refractivity contribution >= 4 is 15.9 Å². The summed E-state index contributed by atoms with van der Waals surface area (Å²) in [5, 5.41) is 0. The molecule has 0 aromatic heterocycles. The van der Waals surface area contributed by atoms with Crippen molar-refractivity contribution in [2.75, 3.05) is 6.61 Å². The van der Waals surface area contributed by atoms with Gasteiger partial charge in [0.05, 0.1) is 12.6 Å². The zero-order valence-electron chi connectivity index (χ0n) is 10.5. The van der Waals surface area contributed by atoms with Crippen LogP contribution in [0.4, 0.5) is 8.78 Å². The Morgan fingerprint density at radius 3 is 2.80 bits per heavy atom. The number of rotatable bonds is 2. The number of hydrogen-bond acceptors (Lipinski definition) is 2. The average Bonchev–Trinajstić information content (AvgIpc) is 2.88. The molecular weight excluding hydrogens is 328 g/mol. The van der Waals surface area contributed by atoms with E-state index in [-0.39, 0.29) is 5.56 Å². The lowest BCUT2D eigenvalue weighted by molar-refractivity contribution is 0.352. The Morgan fingerprint density at radius 2 is 2.00 bits per heavy atom. The van der Waals surface area contributed by atoms with Crippen LogP contribution in [0.15, 0.2) is 34.8 Å². The van der Waals surface area contributed by atoms with Crippen molar-refractivity contribution in [1.82, 2.24) is 0 Å². The monoisotopic (exact) mass is 339 g/mol. The van der Waals surface area contributed by atoms with Gasteiger partial charge in [-0.25, -0.2) is 8.78 Å². The summed E-state index contributed by atoms with van der Waals surface area (Å²) in [5.74, 6) is -1.12. The maximum Gasteiger partial charge on any atom is 0.163 e. The van der Waals surface area contributed by atoms with Crippen molar-refractivity contribution in [3.05, 3.63) is 63.1 Å². The van der Waals surface area contributed by atoms with Crippen LogP contribution in [0, 0.1) is 11.6 Å². The molecule has 0 radical (unpaired) electrons. The Labute approximate surface area is 123 Å². The van der Waals surface area contributed by atoms with Crippen LogP contribution in [0.1, 0.15) is 22.7 Å². The van der Waals surface area contributed by atoms with Gasteiger partial charge in [0.15, 0.2) is 11.6 Å². The number of hydrogen-bond donors (Lipinski definition) is 1. The quantitative estimate of drug-likeness (QED) is 0.905. The maximum absolute atomic E-state index is 13.9. The standard InChI is InChI=1S/C15H12BrF2NO/c16-9-6-8-4-5-20-15(8)11(7-9)14(19)10-2-1-3-12(17)13(10)18/h1-3,6-7,14H,4-5,19H2. The Bertz CT molecular complexity index is 675. The predicted molar refractivity (Wildman–Crippen MR) is 75.7 cm³/mol. The van der Waals surface area contributed by atoms with Crippen LogP contribution >= 0.6 is 15.9 Å². The molecule has 2 N–H and O–H groups in total. The summed E-state index contributed by atoms with van der Waals surface area (Å²) in [6.45, 7) is 0.580. The highest BCUT2D eigenvalue weighted by Crippen LogP contribution is 2.38. The van der Waals surface area contributed by atoms with Crippen LogP contribution in [0.2, 0.25) is 0 Å². The van der Waals surface area contributed by atoms with E-state index in [1.165, 1.54) is 12.1 Å². The van der Waals surface area contributed by atoms with Gasteiger partial charge < -0.3 is 10.5 Å². The van der Waals surface area contributed by atoms with Crippen LogP contribution in [-0.4, -0.2) is 6.61 Å². The first-order valence-electron chi connectivity index (χ1n) is 6.22. The number of ether oxygens (including phenoxy) is 1. The molecule has 1 aliphatic rings. The van der Waals surface area contributed by atoms with E-state index in [4.69, 9.17) is 10.5 Å². The lowest BCUT2D eigenvalue weighted by atomic mass is 9.96. The summed E-state index contributed by atoms with van der Waals surface area (Å²) in [6, 6.07) is 7.00. The number of halogens is 3. The van der Waals surface area contributed by atoms with Crippen LogP contribution in [0.3, 0.4) is 0 Å². The molecule has 0 bridgehead atoms. The van der Waals surface area contributed by atoms with Crippen LogP contribution < -0.4 is 10.5 Å². The molecule has 104 valence electrons. The van der Waals surface area contributed by atoms with E-state index in [9.17, 15) is 8.78 Å². The Hall–Kier alpha value is -1.46.